The summed E-state index contributed by atoms with van der Waals surface area (Å²) in [7, 11) is 2.06. The Morgan fingerprint density at radius 2 is 1.77 bits per heavy atom. The van der Waals surface area contributed by atoms with E-state index >= 15 is 0 Å². The van der Waals surface area contributed by atoms with Gasteiger partial charge in [-0.15, -0.1) is 0 Å². The van der Waals surface area contributed by atoms with Gasteiger partial charge in [-0.25, -0.2) is 0 Å². The molecule has 2 fully saturated rings. The Bertz CT molecular complexity index is 428. The van der Waals surface area contributed by atoms with E-state index in [0.717, 1.165) is 5.92 Å². The molecule has 0 amide bonds. The number of hydrogen-bond acceptors (Lipinski definition) is 2. The van der Waals surface area contributed by atoms with Gasteiger partial charge in [0, 0.05) is 5.54 Å². The van der Waals surface area contributed by atoms with E-state index in [-0.39, 0.29) is 0 Å². The Hall–Kier alpha value is -0.860. The van der Waals surface area contributed by atoms with Crippen molar-refractivity contribution < 1.29 is 0 Å². The molecule has 2 heteroatoms. The maximum Gasteiger partial charge on any atom is 0.0460 e. The quantitative estimate of drug-likeness (QED) is 0.793. The van der Waals surface area contributed by atoms with Gasteiger partial charge < -0.3 is 5.32 Å². The molecular formula is C20H32N2. The minimum Gasteiger partial charge on any atom is -0.320 e. The predicted octanol–water partition coefficient (Wildman–Crippen LogP) is 4.17. The van der Waals surface area contributed by atoms with E-state index in [1.807, 2.05) is 0 Å². The van der Waals surface area contributed by atoms with Crippen LogP contribution in [0.4, 0.5) is 0 Å². The molecule has 1 heterocycles. The van der Waals surface area contributed by atoms with Crippen molar-refractivity contribution in [1.29, 1.82) is 0 Å². The molecule has 0 unspecified atom stereocenters. The van der Waals surface area contributed by atoms with Gasteiger partial charge in [-0.1, -0.05) is 30.3 Å². The van der Waals surface area contributed by atoms with Crippen LogP contribution in [0, 0.1) is 5.92 Å². The van der Waals surface area contributed by atoms with Crippen molar-refractivity contribution in [3.8, 4) is 0 Å². The van der Waals surface area contributed by atoms with E-state index in [9.17, 15) is 0 Å². The van der Waals surface area contributed by atoms with Crippen LogP contribution in [0.1, 0.15) is 56.9 Å². The van der Waals surface area contributed by atoms with Gasteiger partial charge in [0.2, 0.25) is 0 Å². The fraction of sp³-hybridized carbons (Fsp3) is 0.700. The Labute approximate surface area is 136 Å². The molecule has 0 spiro atoms. The lowest BCUT2D eigenvalue weighted by Gasteiger charge is -2.47. The van der Waals surface area contributed by atoms with Crippen molar-refractivity contribution in [2.45, 2.75) is 56.9 Å². The molecule has 1 saturated carbocycles. The first-order chi connectivity index (χ1) is 10.8. The average molecular weight is 300 g/mol. The average Bonchev–Trinajstić information content (AvgIpc) is 3.12. The summed E-state index contributed by atoms with van der Waals surface area (Å²) >= 11 is 0. The van der Waals surface area contributed by atoms with E-state index < -0.39 is 0 Å². The molecule has 1 N–H and O–H groups in total. The largest absolute Gasteiger partial charge is 0.320 e. The summed E-state index contributed by atoms with van der Waals surface area (Å²) in [6.45, 7) is 3.78. The first-order valence-corrected chi connectivity index (χ1v) is 9.30. The molecule has 1 aromatic rings. The lowest BCUT2D eigenvalue weighted by molar-refractivity contribution is 0.0509. The summed E-state index contributed by atoms with van der Waals surface area (Å²) in [4.78, 5) is 2.81. The molecule has 0 bridgehead atoms. The number of likely N-dealkylation sites (tertiary alicyclic amines) is 1. The van der Waals surface area contributed by atoms with Gasteiger partial charge >= 0.3 is 0 Å². The molecule has 1 aromatic carbocycles. The SMILES string of the molecule is CNCCCC1CCC(c2ccccc2)(N2CCCC2)CC1. The highest BCUT2D eigenvalue weighted by Crippen LogP contribution is 2.46. The van der Waals surface area contributed by atoms with Gasteiger partial charge in [0.25, 0.3) is 0 Å². The van der Waals surface area contributed by atoms with Crippen LogP contribution in [0.3, 0.4) is 0 Å². The van der Waals surface area contributed by atoms with Gasteiger partial charge in [-0.3, -0.25) is 4.90 Å². The molecule has 0 radical (unpaired) electrons. The Kier molecular flexibility index (Phi) is 5.54. The van der Waals surface area contributed by atoms with Crippen LogP contribution >= 0.6 is 0 Å². The van der Waals surface area contributed by atoms with Gasteiger partial charge in [-0.2, -0.15) is 0 Å². The Morgan fingerprint density at radius 3 is 2.41 bits per heavy atom. The van der Waals surface area contributed by atoms with Gasteiger partial charge in [-0.05, 0) is 89.5 Å². The maximum atomic E-state index is 3.29. The van der Waals surface area contributed by atoms with E-state index in [0.29, 0.717) is 5.54 Å². The molecule has 1 aliphatic heterocycles. The van der Waals surface area contributed by atoms with Crippen molar-refractivity contribution in [3.05, 3.63) is 35.9 Å². The van der Waals surface area contributed by atoms with Crippen LogP contribution in [-0.4, -0.2) is 31.6 Å². The first kappa shape index (κ1) is 16.0. The van der Waals surface area contributed by atoms with Crippen molar-refractivity contribution >= 4 is 0 Å². The van der Waals surface area contributed by atoms with Crippen LogP contribution in [0.25, 0.3) is 0 Å². The highest BCUT2D eigenvalue weighted by atomic mass is 15.2. The van der Waals surface area contributed by atoms with E-state index in [4.69, 9.17) is 0 Å². The topological polar surface area (TPSA) is 15.3 Å². The second kappa shape index (κ2) is 7.61. The third kappa shape index (κ3) is 3.38. The first-order valence-electron chi connectivity index (χ1n) is 9.30. The standard InChI is InChI=1S/C20H32N2/c1-21-15-7-8-18-11-13-20(14-12-18,22-16-5-6-17-22)19-9-3-2-4-10-19/h2-4,9-10,18,21H,5-8,11-17H2,1H3. The summed E-state index contributed by atoms with van der Waals surface area (Å²) in [6.07, 6.45) is 11.1. The zero-order valence-corrected chi connectivity index (χ0v) is 14.2. The zero-order chi connectivity index (χ0) is 15.3. The highest BCUT2D eigenvalue weighted by molar-refractivity contribution is 5.26. The second-order valence-corrected chi connectivity index (χ2v) is 7.28. The maximum absolute atomic E-state index is 3.29. The summed E-state index contributed by atoms with van der Waals surface area (Å²) < 4.78 is 0. The van der Waals surface area contributed by atoms with Crippen molar-refractivity contribution in [3.63, 3.8) is 0 Å². The number of nitrogens with zero attached hydrogens (tertiary/aromatic N) is 1. The van der Waals surface area contributed by atoms with Crippen molar-refractivity contribution in [2.24, 2.45) is 5.92 Å². The highest BCUT2D eigenvalue weighted by Gasteiger charge is 2.42. The molecule has 122 valence electrons. The van der Waals surface area contributed by atoms with E-state index in [1.54, 1.807) is 5.56 Å². The molecular weight excluding hydrogens is 268 g/mol. The van der Waals surface area contributed by atoms with Crippen LogP contribution in [0.2, 0.25) is 0 Å². The van der Waals surface area contributed by atoms with Crippen LogP contribution in [-0.2, 0) is 5.54 Å². The molecule has 2 aliphatic rings. The smallest absolute Gasteiger partial charge is 0.0460 e. The lowest BCUT2D eigenvalue weighted by Crippen LogP contribution is -2.47. The molecule has 22 heavy (non-hydrogen) atoms. The number of nitrogens with one attached hydrogen (secondary N) is 1. The molecule has 0 atom stereocenters. The fourth-order valence-corrected chi connectivity index (χ4v) is 4.69. The lowest BCUT2D eigenvalue weighted by atomic mass is 9.70. The monoisotopic (exact) mass is 300 g/mol. The zero-order valence-electron chi connectivity index (χ0n) is 14.2. The normalized spacial score (nSPS) is 29.8. The van der Waals surface area contributed by atoms with E-state index in [1.165, 1.54) is 71.0 Å². The summed E-state index contributed by atoms with van der Waals surface area (Å²) in [5.74, 6) is 0.952. The van der Waals surface area contributed by atoms with Crippen LogP contribution in [0.15, 0.2) is 30.3 Å². The summed E-state index contributed by atoms with van der Waals surface area (Å²) in [6, 6.07) is 11.4. The molecule has 3 rings (SSSR count). The van der Waals surface area contributed by atoms with E-state index in [2.05, 4.69) is 47.6 Å². The molecule has 2 nitrogen and oxygen atoms in total. The number of rotatable bonds is 6. The molecule has 0 aromatic heterocycles. The number of benzene rings is 1. The second-order valence-electron chi connectivity index (χ2n) is 7.28. The van der Waals surface area contributed by atoms with Crippen LogP contribution < -0.4 is 5.32 Å². The third-order valence-electron chi connectivity index (χ3n) is 5.99. The number of hydrogen-bond donors (Lipinski definition) is 1. The van der Waals surface area contributed by atoms with Gasteiger partial charge in [0.05, 0.1) is 0 Å². The minimum absolute atomic E-state index is 0.345. The van der Waals surface area contributed by atoms with Crippen LogP contribution in [0.5, 0.6) is 0 Å². The van der Waals surface area contributed by atoms with Gasteiger partial charge in [0.15, 0.2) is 0 Å². The summed E-state index contributed by atoms with van der Waals surface area (Å²) in [5, 5.41) is 3.29. The third-order valence-corrected chi connectivity index (χ3v) is 5.99. The summed E-state index contributed by atoms with van der Waals surface area (Å²) in [5.41, 5.74) is 1.92. The Morgan fingerprint density at radius 1 is 1.09 bits per heavy atom. The molecule has 1 saturated heterocycles. The van der Waals surface area contributed by atoms with Crippen molar-refractivity contribution in [1.82, 2.24) is 10.2 Å². The van der Waals surface area contributed by atoms with Crippen molar-refractivity contribution in [2.75, 3.05) is 26.7 Å². The van der Waals surface area contributed by atoms with Gasteiger partial charge in [0.1, 0.15) is 0 Å². The minimum atomic E-state index is 0.345. The Balaban J connectivity index is 1.69. The molecule has 1 aliphatic carbocycles. The predicted molar refractivity (Wildman–Crippen MR) is 94.0 cm³/mol. The fourth-order valence-electron chi connectivity index (χ4n) is 4.69.